The number of aliphatic hydroxyl groups is 3. The fourth-order valence-corrected chi connectivity index (χ4v) is 13.4. The molecule has 0 bridgehead atoms. The molecule has 4 aliphatic carbocycles. The van der Waals surface area contributed by atoms with Crippen LogP contribution in [0.5, 0.6) is 0 Å². The Hall–Kier alpha value is -0.990. The predicted molar refractivity (Wildman–Crippen MR) is 235 cm³/mol. The van der Waals surface area contributed by atoms with Crippen molar-refractivity contribution in [2.75, 3.05) is 6.61 Å². The van der Waals surface area contributed by atoms with Crippen LogP contribution in [0.1, 0.15) is 209 Å². The molecule has 14 atom stereocenters. The Labute approximate surface area is 355 Å². The lowest BCUT2D eigenvalue weighted by Crippen LogP contribution is -2.60. The first kappa shape index (κ1) is 48.0. The number of rotatable bonds is 24. The van der Waals surface area contributed by atoms with E-state index in [1.807, 2.05) is 0 Å². The zero-order chi connectivity index (χ0) is 41.9. The van der Waals surface area contributed by atoms with Crippen LogP contribution in [-0.2, 0) is 19.0 Å². The highest BCUT2D eigenvalue weighted by Gasteiger charge is 2.59. The summed E-state index contributed by atoms with van der Waals surface area (Å²) in [6.45, 7) is 17.0. The highest BCUT2D eigenvalue weighted by atomic mass is 16.7. The van der Waals surface area contributed by atoms with Gasteiger partial charge >= 0.3 is 5.97 Å². The molecular weight excluding hydrogens is 725 g/mol. The molecule has 0 amide bonds. The largest absolute Gasteiger partial charge is 0.463 e. The minimum absolute atomic E-state index is 0.155. The van der Waals surface area contributed by atoms with Crippen molar-refractivity contribution in [3.63, 3.8) is 0 Å². The number of hydrogen-bond donors (Lipinski definition) is 3. The number of aliphatic hydroxyl groups excluding tert-OH is 3. The van der Waals surface area contributed by atoms with E-state index in [9.17, 15) is 20.1 Å². The number of carbonyl (C=O) groups excluding carboxylic acids is 1. The number of unbranched alkanes of at least 4 members (excludes halogenated alkanes) is 12. The maximum Gasteiger partial charge on any atom is 0.305 e. The van der Waals surface area contributed by atoms with E-state index >= 15 is 0 Å². The molecule has 1 aliphatic heterocycles. The fraction of sp³-hybridized carbons (Fsp3) is 0.941. The van der Waals surface area contributed by atoms with Crippen LogP contribution in [0.25, 0.3) is 0 Å². The van der Waals surface area contributed by atoms with E-state index in [1.165, 1.54) is 115 Å². The van der Waals surface area contributed by atoms with Crippen molar-refractivity contribution in [2.45, 2.75) is 246 Å². The quantitative estimate of drug-likeness (QED) is 0.0506. The number of esters is 1. The van der Waals surface area contributed by atoms with E-state index in [4.69, 9.17) is 14.2 Å². The SMILES string of the molecule is CCCCCCCCCCCCCCCC(=O)OCC1OC(O)C(O)C(OC2CCC3(C)C(=CCC4C3CCC3(C)C(C(C)CCC(CC)C(C)C)CCC43)C2)C1O. The topological polar surface area (TPSA) is 105 Å². The van der Waals surface area contributed by atoms with Crippen LogP contribution in [0, 0.1) is 52.3 Å². The van der Waals surface area contributed by atoms with Crippen molar-refractivity contribution in [2.24, 2.45) is 52.3 Å². The molecule has 5 rings (SSSR count). The van der Waals surface area contributed by atoms with E-state index in [2.05, 4.69) is 54.5 Å². The highest BCUT2D eigenvalue weighted by Crippen LogP contribution is 2.67. The standard InChI is InChI=1S/C51H90O7/c1-8-10-11-12-13-14-15-16-17-18-19-20-21-22-45(52)56-34-44-46(53)48(47(54)49(55)58-44)57-39-29-31-50(6)38(33-39)25-26-40-42-28-27-41(51(42,7)32-30-43(40)50)36(5)23-24-37(9-2)35(3)4/h25,35-37,39-44,46-49,53-55H,8-24,26-34H2,1-7H3. The third-order valence-electron chi connectivity index (χ3n) is 17.2. The molecule has 7 heteroatoms. The molecule has 3 saturated carbocycles. The van der Waals surface area contributed by atoms with Crippen LogP contribution >= 0.6 is 0 Å². The van der Waals surface area contributed by atoms with E-state index in [0.717, 1.165) is 80.5 Å². The zero-order valence-corrected chi connectivity index (χ0v) is 38.4. The molecule has 14 unspecified atom stereocenters. The Morgan fingerprint density at radius 1 is 0.810 bits per heavy atom. The van der Waals surface area contributed by atoms with Gasteiger partial charge in [0, 0.05) is 6.42 Å². The molecule has 0 aromatic rings. The monoisotopic (exact) mass is 815 g/mol. The Bertz CT molecular complexity index is 1250. The summed E-state index contributed by atoms with van der Waals surface area (Å²) in [4.78, 5) is 12.6. The molecule has 5 aliphatic rings. The molecule has 7 nitrogen and oxygen atoms in total. The van der Waals surface area contributed by atoms with Gasteiger partial charge in [-0.15, -0.1) is 0 Å². The molecular formula is C51H90O7. The first-order valence-electron chi connectivity index (χ1n) is 25.0. The van der Waals surface area contributed by atoms with Crippen molar-refractivity contribution < 1.29 is 34.3 Å². The lowest BCUT2D eigenvalue weighted by atomic mass is 9.47. The second-order valence-electron chi connectivity index (χ2n) is 21.1. The number of carbonyl (C=O) groups is 1. The molecule has 0 aromatic heterocycles. The maximum atomic E-state index is 12.6. The van der Waals surface area contributed by atoms with Gasteiger partial charge < -0.3 is 29.5 Å². The van der Waals surface area contributed by atoms with Gasteiger partial charge in [-0.2, -0.15) is 0 Å². The fourth-order valence-electron chi connectivity index (χ4n) is 13.4. The molecule has 3 N–H and O–H groups in total. The summed E-state index contributed by atoms with van der Waals surface area (Å²) in [5.74, 6) is 5.21. The smallest absolute Gasteiger partial charge is 0.305 e. The van der Waals surface area contributed by atoms with Crippen LogP contribution < -0.4 is 0 Å². The zero-order valence-electron chi connectivity index (χ0n) is 38.4. The summed E-state index contributed by atoms with van der Waals surface area (Å²) < 4.78 is 17.6. The number of fused-ring (bicyclic) bond motifs is 5. The Morgan fingerprint density at radius 3 is 2.10 bits per heavy atom. The van der Waals surface area contributed by atoms with Gasteiger partial charge in [0.2, 0.25) is 0 Å². The van der Waals surface area contributed by atoms with Crippen LogP contribution in [0.15, 0.2) is 11.6 Å². The lowest BCUT2D eigenvalue weighted by molar-refractivity contribution is -0.302. The van der Waals surface area contributed by atoms with Crippen molar-refractivity contribution in [1.29, 1.82) is 0 Å². The van der Waals surface area contributed by atoms with Gasteiger partial charge in [0.25, 0.3) is 0 Å². The van der Waals surface area contributed by atoms with Gasteiger partial charge in [-0.3, -0.25) is 4.79 Å². The van der Waals surface area contributed by atoms with Gasteiger partial charge in [-0.25, -0.2) is 0 Å². The second kappa shape index (κ2) is 22.9. The van der Waals surface area contributed by atoms with Gasteiger partial charge in [0.15, 0.2) is 6.29 Å². The van der Waals surface area contributed by atoms with Gasteiger partial charge in [-0.1, -0.05) is 150 Å². The molecule has 336 valence electrons. The lowest BCUT2D eigenvalue weighted by Gasteiger charge is -2.58. The van der Waals surface area contributed by atoms with Crippen LogP contribution in [-0.4, -0.2) is 64.7 Å². The van der Waals surface area contributed by atoms with Crippen LogP contribution in [0.3, 0.4) is 0 Å². The van der Waals surface area contributed by atoms with Gasteiger partial charge in [0.1, 0.15) is 31.0 Å². The van der Waals surface area contributed by atoms with E-state index in [-0.39, 0.29) is 24.1 Å². The summed E-state index contributed by atoms with van der Waals surface area (Å²) in [5, 5.41) is 32.9. The number of hydrogen-bond acceptors (Lipinski definition) is 7. The molecule has 4 fully saturated rings. The van der Waals surface area contributed by atoms with Crippen molar-refractivity contribution >= 4 is 5.97 Å². The first-order chi connectivity index (χ1) is 27.8. The Morgan fingerprint density at radius 2 is 1.47 bits per heavy atom. The summed E-state index contributed by atoms with van der Waals surface area (Å²) in [5.41, 5.74) is 2.11. The van der Waals surface area contributed by atoms with Crippen LogP contribution in [0.4, 0.5) is 0 Å². The predicted octanol–water partition coefficient (Wildman–Crippen LogP) is 11.9. The van der Waals surface area contributed by atoms with Crippen molar-refractivity contribution in [1.82, 2.24) is 0 Å². The summed E-state index contributed by atoms with van der Waals surface area (Å²) in [6.07, 6.45) is 26.2. The molecule has 1 saturated heterocycles. The Kier molecular flexibility index (Phi) is 19.0. The van der Waals surface area contributed by atoms with Crippen molar-refractivity contribution in [3.05, 3.63) is 11.6 Å². The average Bonchev–Trinajstić information content (AvgIpc) is 3.56. The third kappa shape index (κ3) is 11.9. The van der Waals surface area contributed by atoms with Gasteiger partial charge in [0.05, 0.1) is 6.10 Å². The minimum atomic E-state index is -1.51. The van der Waals surface area contributed by atoms with E-state index in [0.29, 0.717) is 17.8 Å². The van der Waals surface area contributed by atoms with E-state index in [1.54, 1.807) is 0 Å². The first-order valence-corrected chi connectivity index (χ1v) is 25.0. The molecule has 0 aromatic carbocycles. The van der Waals surface area contributed by atoms with Gasteiger partial charge in [-0.05, 0) is 116 Å². The molecule has 58 heavy (non-hydrogen) atoms. The second-order valence-corrected chi connectivity index (χ2v) is 21.1. The van der Waals surface area contributed by atoms with Crippen LogP contribution in [0.2, 0.25) is 0 Å². The summed E-state index contributed by atoms with van der Waals surface area (Å²) >= 11 is 0. The highest BCUT2D eigenvalue weighted by molar-refractivity contribution is 5.69. The summed E-state index contributed by atoms with van der Waals surface area (Å²) in [6, 6.07) is 0. The molecule has 0 spiro atoms. The summed E-state index contributed by atoms with van der Waals surface area (Å²) in [7, 11) is 0. The normalized spacial score (nSPS) is 37.1. The molecule has 1 heterocycles. The molecule has 0 radical (unpaired) electrons. The number of ether oxygens (including phenoxy) is 3. The third-order valence-corrected chi connectivity index (χ3v) is 17.2. The maximum absolute atomic E-state index is 12.6. The van der Waals surface area contributed by atoms with Crippen molar-refractivity contribution in [3.8, 4) is 0 Å². The van der Waals surface area contributed by atoms with E-state index < -0.39 is 30.7 Å². The number of allylic oxidation sites excluding steroid dienone is 1. The average molecular weight is 815 g/mol. The Balaban J connectivity index is 1.04. The minimum Gasteiger partial charge on any atom is -0.463 e.